The van der Waals surface area contributed by atoms with Crippen molar-refractivity contribution in [2.24, 2.45) is 0 Å². The van der Waals surface area contributed by atoms with E-state index in [1.807, 2.05) is 36.4 Å². The SMILES string of the molecule is c1cncc(-c2nc(Sc3nnc(CN4CCCC4)o3)c3ccccc3n2)c1. The Morgan fingerprint density at radius 1 is 1.00 bits per heavy atom. The number of rotatable bonds is 5. The van der Waals surface area contributed by atoms with Gasteiger partial charge in [0.25, 0.3) is 5.22 Å². The van der Waals surface area contributed by atoms with Crippen LogP contribution in [0.4, 0.5) is 0 Å². The quantitative estimate of drug-likeness (QED) is 0.476. The fraction of sp³-hybridized carbons (Fsp3) is 0.250. The molecule has 8 heteroatoms. The van der Waals surface area contributed by atoms with E-state index in [0.717, 1.165) is 34.6 Å². The summed E-state index contributed by atoms with van der Waals surface area (Å²) in [4.78, 5) is 15.9. The second-order valence-corrected chi connectivity index (χ2v) is 7.60. The van der Waals surface area contributed by atoms with Crippen molar-refractivity contribution >= 4 is 22.7 Å². The Labute approximate surface area is 166 Å². The van der Waals surface area contributed by atoms with Gasteiger partial charge < -0.3 is 4.42 Å². The van der Waals surface area contributed by atoms with Gasteiger partial charge in [-0.2, -0.15) is 0 Å². The lowest BCUT2D eigenvalue weighted by atomic mass is 10.2. The molecule has 4 heterocycles. The number of hydrogen-bond donors (Lipinski definition) is 0. The Kier molecular flexibility index (Phi) is 4.72. The van der Waals surface area contributed by atoms with Gasteiger partial charge in [-0.05, 0) is 55.9 Å². The van der Waals surface area contributed by atoms with Gasteiger partial charge in [-0.3, -0.25) is 9.88 Å². The molecule has 0 N–H and O–H groups in total. The molecule has 1 saturated heterocycles. The standard InChI is InChI=1S/C20H18N6OS/c1-2-8-16-15(7-1)19(23-18(22-16)14-6-5-9-21-12-14)28-20-25-24-17(27-20)13-26-10-3-4-11-26/h1-2,5-9,12H,3-4,10-11,13H2. The van der Waals surface area contributed by atoms with E-state index in [2.05, 4.69) is 25.1 Å². The van der Waals surface area contributed by atoms with E-state index in [4.69, 9.17) is 9.40 Å². The molecule has 1 aromatic carbocycles. The van der Waals surface area contributed by atoms with Gasteiger partial charge in [-0.1, -0.05) is 18.2 Å². The molecule has 0 unspecified atom stereocenters. The van der Waals surface area contributed by atoms with E-state index in [1.165, 1.54) is 24.6 Å². The maximum absolute atomic E-state index is 5.87. The summed E-state index contributed by atoms with van der Waals surface area (Å²) in [5.41, 5.74) is 1.74. The monoisotopic (exact) mass is 390 g/mol. The summed E-state index contributed by atoms with van der Waals surface area (Å²) in [6.45, 7) is 2.89. The summed E-state index contributed by atoms with van der Waals surface area (Å²) in [5.74, 6) is 1.28. The van der Waals surface area contributed by atoms with Crippen molar-refractivity contribution in [1.29, 1.82) is 0 Å². The van der Waals surface area contributed by atoms with Crippen LogP contribution in [0, 0.1) is 0 Å². The average molecular weight is 390 g/mol. The zero-order chi connectivity index (χ0) is 18.8. The smallest absolute Gasteiger partial charge is 0.283 e. The maximum Gasteiger partial charge on any atom is 0.283 e. The van der Waals surface area contributed by atoms with E-state index in [1.54, 1.807) is 12.4 Å². The predicted octanol–water partition coefficient (Wildman–Crippen LogP) is 3.82. The topological polar surface area (TPSA) is 80.8 Å². The molecule has 1 fully saturated rings. The van der Waals surface area contributed by atoms with Crippen LogP contribution in [0.25, 0.3) is 22.3 Å². The van der Waals surface area contributed by atoms with Crippen LogP contribution in [0.1, 0.15) is 18.7 Å². The first kappa shape index (κ1) is 17.3. The highest BCUT2D eigenvalue weighted by molar-refractivity contribution is 7.99. The van der Waals surface area contributed by atoms with Crippen molar-refractivity contribution in [3.05, 3.63) is 54.7 Å². The fourth-order valence-corrected chi connectivity index (χ4v) is 4.11. The molecule has 3 aromatic heterocycles. The summed E-state index contributed by atoms with van der Waals surface area (Å²) in [5, 5.41) is 10.7. The Balaban J connectivity index is 1.47. The van der Waals surface area contributed by atoms with Crippen LogP contribution < -0.4 is 0 Å². The number of likely N-dealkylation sites (tertiary alicyclic amines) is 1. The highest BCUT2D eigenvalue weighted by Gasteiger charge is 2.18. The van der Waals surface area contributed by atoms with Crippen molar-refractivity contribution in [3.8, 4) is 11.4 Å². The van der Waals surface area contributed by atoms with Crippen molar-refractivity contribution < 1.29 is 4.42 Å². The number of aromatic nitrogens is 5. The second kappa shape index (κ2) is 7.65. The molecule has 0 radical (unpaired) electrons. The lowest BCUT2D eigenvalue weighted by Gasteiger charge is -2.10. The molecule has 0 aliphatic carbocycles. The minimum absolute atomic E-state index is 0.496. The molecule has 0 spiro atoms. The van der Waals surface area contributed by atoms with Crippen LogP contribution in [0.2, 0.25) is 0 Å². The van der Waals surface area contributed by atoms with Gasteiger partial charge >= 0.3 is 0 Å². The molecule has 7 nitrogen and oxygen atoms in total. The maximum atomic E-state index is 5.87. The molecule has 0 bridgehead atoms. The van der Waals surface area contributed by atoms with Crippen LogP contribution in [-0.2, 0) is 6.54 Å². The lowest BCUT2D eigenvalue weighted by molar-refractivity contribution is 0.278. The predicted molar refractivity (Wildman–Crippen MR) is 106 cm³/mol. The Morgan fingerprint density at radius 2 is 1.89 bits per heavy atom. The van der Waals surface area contributed by atoms with Gasteiger partial charge in [-0.25, -0.2) is 9.97 Å². The third-order valence-electron chi connectivity index (χ3n) is 4.68. The zero-order valence-electron chi connectivity index (χ0n) is 15.2. The molecule has 1 aliphatic rings. The number of para-hydroxylation sites is 1. The van der Waals surface area contributed by atoms with Crippen LogP contribution in [-0.4, -0.2) is 43.1 Å². The average Bonchev–Trinajstić information content (AvgIpc) is 3.41. The number of hydrogen-bond acceptors (Lipinski definition) is 8. The van der Waals surface area contributed by atoms with E-state index in [-0.39, 0.29) is 0 Å². The summed E-state index contributed by atoms with van der Waals surface area (Å²) >= 11 is 1.37. The highest BCUT2D eigenvalue weighted by Crippen LogP contribution is 2.32. The molecular formula is C20H18N6OS. The van der Waals surface area contributed by atoms with E-state index in [9.17, 15) is 0 Å². The minimum Gasteiger partial charge on any atom is -0.414 e. The molecule has 5 rings (SSSR count). The number of benzene rings is 1. The Bertz CT molecular complexity index is 1090. The lowest BCUT2D eigenvalue weighted by Crippen LogP contribution is -2.18. The summed E-state index contributed by atoms with van der Waals surface area (Å²) < 4.78 is 5.87. The van der Waals surface area contributed by atoms with Gasteiger partial charge in [0.05, 0.1) is 12.1 Å². The third kappa shape index (κ3) is 3.61. The zero-order valence-corrected chi connectivity index (χ0v) is 16.0. The number of pyridine rings is 1. The van der Waals surface area contributed by atoms with Crippen LogP contribution in [0.5, 0.6) is 0 Å². The fourth-order valence-electron chi connectivity index (χ4n) is 3.31. The summed E-state index contributed by atoms with van der Waals surface area (Å²) in [7, 11) is 0. The van der Waals surface area contributed by atoms with Gasteiger partial charge in [0, 0.05) is 23.3 Å². The van der Waals surface area contributed by atoms with Gasteiger partial charge in [0.15, 0.2) is 5.82 Å². The van der Waals surface area contributed by atoms with Crippen LogP contribution in [0.15, 0.2) is 63.5 Å². The summed E-state index contributed by atoms with van der Waals surface area (Å²) in [6.07, 6.45) is 5.97. The van der Waals surface area contributed by atoms with Crippen LogP contribution >= 0.6 is 11.8 Å². The van der Waals surface area contributed by atoms with Gasteiger partial charge in [0.1, 0.15) is 5.03 Å². The third-order valence-corrected chi connectivity index (χ3v) is 5.52. The van der Waals surface area contributed by atoms with Crippen LogP contribution in [0.3, 0.4) is 0 Å². The number of nitrogens with zero attached hydrogens (tertiary/aromatic N) is 6. The van der Waals surface area contributed by atoms with Crippen molar-refractivity contribution in [2.45, 2.75) is 29.6 Å². The van der Waals surface area contributed by atoms with E-state index in [0.29, 0.717) is 23.5 Å². The largest absolute Gasteiger partial charge is 0.414 e. The molecule has 28 heavy (non-hydrogen) atoms. The summed E-state index contributed by atoms with van der Waals surface area (Å²) in [6, 6.07) is 11.8. The molecule has 0 atom stereocenters. The Hall–Kier alpha value is -2.84. The molecular weight excluding hydrogens is 372 g/mol. The molecule has 4 aromatic rings. The van der Waals surface area contributed by atoms with Gasteiger partial charge in [-0.15, -0.1) is 10.2 Å². The molecule has 0 saturated carbocycles. The molecule has 140 valence electrons. The first-order valence-electron chi connectivity index (χ1n) is 9.25. The Morgan fingerprint density at radius 3 is 2.75 bits per heavy atom. The van der Waals surface area contributed by atoms with E-state index < -0.39 is 0 Å². The second-order valence-electron chi connectivity index (χ2n) is 6.66. The highest BCUT2D eigenvalue weighted by atomic mass is 32.2. The van der Waals surface area contributed by atoms with Crippen molar-refractivity contribution in [3.63, 3.8) is 0 Å². The van der Waals surface area contributed by atoms with Crippen molar-refractivity contribution in [1.82, 2.24) is 30.0 Å². The van der Waals surface area contributed by atoms with Crippen molar-refractivity contribution in [2.75, 3.05) is 13.1 Å². The van der Waals surface area contributed by atoms with Gasteiger partial charge in [0.2, 0.25) is 5.89 Å². The normalized spacial score (nSPS) is 14.7. The molecule has 0 amide bonds. The van der Waals surface area contributed by atoms with E-state index >= 15 is 0 Å². The first-order chi connectivity index (χ1) is 13.8. The number of fused-ring (bicyclic) bond motifs is 1. The minimum atomic E-state index is 0.496. The first-order valence-corrected chi connectivity index (χ1v) is 10.1. The molecule has 1 aliphatic heterocycles.